The summed E-state index contributed by atoms with van der Waals surface area (Å²) in [6.45, 7) is 11.8. The molecule has 3 aromatic rings. The number of hydrogen-bond acceptors (Lipinski definition) is 7. The molecule has 2 aromatic carbocycles. The molecule has 4 heterocycles. The average molecular weight is 627 g/mol. The van der Waals surface area contributed by atoms with E-state index in [-0.39, 0.29) is 44.1 Å². The lowest BCUT2D eigenvalue weighted by molar-refractivity contribution is -0.157. The first kappa shape index (κ1) is 31.6. The molecule has 0 aliphatic carbocycles. The summed E-state index contributed by atoms with van der Waals surface area (Å²) in [7, 11) is 0. The van der Waals surface area contributed by atoms with Gasteiger partial charge in [0.05, 0.1) is 35.6 Å². The van der Waals surface area contributed by atoms with E-state index in [2.05, 4.69) is 23.5 Å². The fourth-order valence-electron chi connectivity index (χ4n) is 8.07. The van der Waals surface area contributed by atoms with Crippen molar-refractivity contribution in [2.24, 2.45) is 11.8 Å². The van der Waals surface area contributed by atoms with E-state index in [0.717, 1.165) is 5.52 Å². The number of aliphatic hydroxyl groups is 1. The van der Waals surface area contributed by atoms with Crippen LogP contribution in [0.5, 0.6) is 0 Å². The summed E-state index contributed by atoms with van der Waals surface area (Å²) in [5.41, 5.74) is 0.00112. The molecule has 11 heteroatoms. The molecule has 46 heavy (non-hydrogen) atoms. The highest BCUT2D eigenvalue weighted by atomic mass is 16.5. The van der Waals surface area contributed by atoms with Gasteiger partial charge in [-0.15, -0.1) is 18.3 Å². The first-order valence-electron chi connectivity index (χ1n) is 16.1. The van der Waals surface area contributed by atoms with E-state index in [9.17, 15) is 19.5 Å². The van der Waals surface area contributed by atoms with Crippen LogP contribution < -0.4 is 4.90 Å². The number of carbonyl (C=O) groups excluding carboxylic acids is 3. The minimum Gasteiger partial charge on any atom is -0.394 e. The number of fused-ring (bicyclic) bond motifs is 2. The number of aliphatic hydroxyl groups excluding tert-OH is 1. The topological polar surface area (TPSA) is 121 Å². The minimum absolute atomic E-state index is 0.0724. The van der Waals surface area contributed by atoms with Crippen molar-refractivity contribution in [1.29, 1.82) is 0 Å². The number of hydrogen-bond donors (Lipinski definition) is 1. The molecule has 1 N–H and O–H groups in total. The summed E-state index contributed by atoms with van der Waals surface area (Å²) < 4.78 is 8.65. The highest BCUT2D eigenvalue weighted by molar-refractivity contribution is 6.03. The maximum atomic E-state index is 14.9. The van der Waals surface area contributed by atoms with Crippen molar-refractivity contribution < 1.29 is 24.2 Å². The van der Waals surface area contributed by atoms with Crippen molar-refractivity contribution in [3.8, 4) is 0 Å². The number of carbonyl (C=O) groups is 3. The molecule has 3 saturated heterocycles. The Morgan fingerprint density at radius 2 is 1.78 bits per heavy atom. The Balaban J connectivity index is 1.44. The van der Waals surface area contributed by atoms with E-state index < -0.39 is 35.1 Å². The van der Waals surface area contributed by atoms with E-state index in [0.29, 0.717) is 36.9 Å². The van der Waals surface area contributed by atoms with Gasteiger partial charge in [0.15, 0.2) is 0 Å². The van der Waals surface area contributed by atoms with Gasteiger partial charge in [0, 0.05) is 18.8 Å². The summed E-state index contributed by atoms with van der Waals surface area (Å²) >= 11 is 0. The first-order chi connectivity index (χ1) is 22.3. The molecule has 2 unspecified atom stereocenters. The second-order valence-electron chi connectivity index (χ2n) is 12.5. The van der Waals surface area contributed by atoms with Crippen molar-refractivity contribution in [3.05, 3.63) is 79.9 Å². The van der Waals surface area contributed by atoms with Crippen LogP contribution in [0.15, 0.2) is 79.9 Å². The standard InChI is InChI=1S/C35H42N6O5/c1-5-20-38(23-40-27-17-13-12-16-26(27)36-37-40)33(45)30-35-19-18-34(8-4,46-35)28(29(35)32(44)41(30)24(7-3)22-42)31(43)39(21-6-2)25-14-10-9-11-15-25/h5-6,9-17,24,28-30,42H,1-2,7-8,18-23H2,3-4H3/t24-,28+,29-,30?,34-,35?/m0/s1. The van der Waals surface area contributed by atoms with Crippen LogP contribution in [-0.4, -0.2) is 90.6 Å². The summed E-state index contributed by atoms with van der Waals surface area (Å²) in [5.74, 6) is -2.60. The van der Waals surface area contributed by atoms with Crippen molar-refractivity contribution in [2.75, 3.05) is 24.6 Å². The average Bonchev–Trinajstić information content (AvgIpc) is 3.81. The Morgan fingerprint density at radius 3 is 2.46 bits per heavy atom. The van der Waals surface area contributed by atoms with Gasteiger partial charge in [-0.1, -0.05) is 61.5 Å². The third-order valence-electron chi connectivity index (χ3n) is 10.2. The second-order valence-corrected chi connectivity index (χ2v) is 12.5. The van der Waals surface area contributed by atoms with Crippen LogP contribution in [0, 0.1) is 11.8 Å². The molecule has 3 aliphatic rings. The molecule has 0 saturated carbocycles. The van der Waals surface area contributed by atoms with Crippen molar-refractivity contribution in [3.63, 3.8) is 0 Å². The minimum atomic E-state index is -1.24. The monoisotopic (exact) mass is 626 g/mol. The maximum Gasteiger partial charge on any atom is 0.250 e. The van der Waals surface area contributed by atoms with Crippen LogP contribution in [0.25, 0.3) is 11.0 Å². The van der Waals surface area contributed by atoms with Gasteiger partial charge in [0.25, 0.3) is 0 Å². The number of rotatable bonds is 13. The van der Waals surface area contributed by atoms with Gasteiger partial charge in [-0.2, -0.15) is 0 Å². The molecule has 2 bridgehead atoms. The summed E-state index contributed by atoms with van der Waals surface area (Å²) in [6.07, 6.45) is 5.21. The highest BCUT2D eigenvalue weighted by Crippen LogP contribution is 2.65. The molecular formula is C35H42N6O5. The molecule has 0 radical (unpaired) electrons. The van der Waals surface area contributed by atoms with Gasteiger partial charge < -0.3 is 24.5 Å². The Labute approximate surface area is 269 Å². The molecule has 1 aromatic heterocycles. The predicted octanol–water partition coefficient (Wildman–Crippen LogP) is 3.55. The zero-order chi connectivity index (χ0) is 32.6. The van der Waals surface area contributed by atoms with Crippen molar-refractivity contribution >= 4 is 34.4 Å². The number of amides is 3. The number of benzene rings is 2. The predicted molar refractivity (Wildman–Crippen MR) is 173 cm³/mol. The number of aromatic nitrogens is 3. The van der Waals surface area contributed by atoms with E-state index in [4.69, 9.17) is 4.74 Å². The number of likely N-dealkylation sites (tertiary alicyclic amines) is 1. The molecule has 6 rings (SSSR count). The van der Waals surface area contributed by atoms with Gasteiger partial charge in [-0.3, -0.25) is 14.4 Å². The lowest BCUT2D eigenvalue weighted by Crippen LogP contribution is -2.59. The fourth-order valence-corrected chi connectivity index (χ4v) is 8.07. The molecule has 11 nitrogen and oxygen atoms in total. The number of anilines is 1. The van der Waals surface area contributed by atoms with E-state index >= 15 is 0 Å². The van der Waals surface area contributed by atoms with Gasteiger partial charge in [0.1, 0.15) is 23.8 Å². The van der Waals surface area contributed by atoms with Gasteiger partial charge in [-0.05, 0) is 49.9 Å². The first-order valence-corrected chi connectivity index (χ1v) is 16.1. The number of ether oxygens (including phenoxy) is 1. The van der Waals surface area contributed by atoms with Crippen LogP contribution in [0.1, 0.15) is 39.5 Å². The largest absolute Gasteiger partial charge is 0.394 e. The van der Waals surface area contributed by atoms with Gasteiger partial charge in [0.2, 0.25) is 17.7 Å². The molecule has 6 atom stereocenters. The second kappa shape index (κ2) is 12.4. The van der Waals surface area contributed by atoms with Crippen LogP contribution in [0.3, 0.4) is 0 Å². The summed E-state index contributed by atoms with van der Waals surface area (Å²) in [6, 6.07) is 15.1. The number of nitrogens with zero attached hydrogens (tertiary/aromatic N) is 6. The Hall–Kier alpha value is -4.35. The summed E-state index contributed by atoms with van der Waals surface area (Å²) in [5, 5.41) is 19.0. The van der Waals surface area contributed by atoms with Crippen LogP contribution in [0.4, 0.5) is 5.69 Å². The van der Waals surface area contributed by atoms with E-state index in [1.807, 2.05) is 68.4 Å². The van der Waals surface area contributed by atoms with Crippen LogP contribution >= 0.6 is 0 Å². The smallest absolute Gasteiger partial charge is 0.250 e. The van der Waals surface area contributed by atoms with E-state index in [1.54, 1.807) is 26.6 Å². The van der Waals surface area contributed by atoms with Gasteiger partial charge >= 0.3 is 0 Å². The molecular weight excluding hydrogens is 584 g/mol. The molecule has 3 aliphatic heterocycles. The van der Waals surface area contributed by atoms with Crippen molar-refractivity contribution in [1.82, 2.24) is 24.8 Å². The fraction of sp³-hybridized carbons (Fsp3) is 0.457. The van der Waals surface area contributed by atoms with E-state index in [1.165, 1.54) is 4.90 Å². The Bertz CT molecular complexity index is 1640. The highest BCUT2D eigenvalue weighted by Gasteiger charge is 2.79. The lowest BCUT2D eigenvalue weighted by Gasteiger charge is -2.39. The maximum absolute atomic E-state index is 14.9. The SMILES string of the molecule is C=CCN(Cn1nnc2ccccc21)C(=O)C1N([C@@H](CC)CO)C(=O)[C@@H]2[C@H](C(=O)N(CC=C)c3ccccc3)[C@]3(CC)CCC12O3. The zero-order valence-electron chi connectivity index (χ0n) is 26.5. The lowest BCUT2D eigenvalue weighted by atomic mass is 9.64. The number of para-hydroxylation sites is 2. The van der Waals surface area contributed by atoms with Crippen LogP contribution in [-0.2, 0) is 25.8 Å². The third-order valence-corrected chi connectivity index (χ3v) is 10.2. The molecule has 3 fully saturated rings. The van der Waals surface area contributed by atoms with Gasteiger partial charge in [-0.25, -0.2) is 4.68 Å². The summed E-state index contributed by atoms with van der Waals surface area (Å²) in [4.78, 5) is 49.1. The third kappa shape index (κ3) is 4.75. The van der Waals surface area contributed by atoms with Crippen molar-refractivity contribution in [2.45, 2.75) is 69.5 Å². The molecule has 1 spiro atoms. The Kier molecular flexibility index (Phi) is 8.56. The van der Waals surface area contributed by atoms with Crippen LogP contribution in [0.2, 0.25) is 0 Å². The molecule has 242 valence electrons. The Morgan fingerprint density at radius 1 is 1.07 bits per heavy atom. The normalized spacial score (nSPS) is 27.1. The molecule has 3 amide bonds. The zero-order valence-corrected chi connectivity index (χ0v) is 26.5. The quantitative estimate of drug-likeness (QED) is 0.288.